The zero-order chi connectivity index (χ0) is 10.9. The van der Waals surface area contributed by atoms with Crippen molar-refractivity contribution in [3.8, 4) is 0 Å². The third kappa shape index (κ3) is 2.06. The summed E-state index contributed by atoms with van der Waals surface area (Å²) in [4.78, 5) is 0. The average molecular weight is 222 g/mol. The minimum atomic E-state index is -0.578. The molecule has 2 rings (SSSR count). The molecule has 0 aliphatic carbocycles. The van der Waals surface area contributed by atoms with E-state index >= 15 is 0 Å². The van der Waals surface area contributed by atoms with Crippen LogP contribution in [0.1, 0.15) is 37.3 Å². The molecule has 82 valence electrons. The molecule has 1 fully saturated rings. The van der Waals surface area contributed by atoms with Crippen molar-refractivity contribution in [3.05, 3.63) is 35.4 Å². The zero-order valence-electron chi connectivity index (χ0n) is 9.36. The van der Waals surface area contributed by atoms with E-state index in [1.807, 2.05) is 17.8 Å². The quantitative estimate of drug-likeness (QED) is 0.829. The molecular weight excluding hydrogens is 204 g/mol. The molecule has 1 aliphatic rings. The molecule has 0 amide bonds. The highest BCUT2D eigenvalue weighted by atomic mass is 32.2. The van der Waals surface area contributed by atoms with Crippen molar-refractivity contribution < 1.29 is 5.11 Å². The molecule has 0 bridgehead atoms. The van der Waals surface area contributed by atoms with Gasteiger partial charge >= 0.3 is 0 Å². The highest BCUT2D eigenvalue weighted by molar-refractivity contribution is 7.99. The van der Waals surface area contributed by atoms with Gasteiger partial charge in [-0.1, -0.05) is 38.1 Å². The van der Waals surface area contributed by atoms with Crippen LogP contribution in [0, 0.1) is 0 Å². The van der Waals surface area contributed by atoms with Gasteiger partial charge in [0.15, 0.2) is 0 Å². The van der Waals surface area contributed by atoms with Gasteiger partial charge in [-0.3, -0.25) is 0 Å². The fourth-order valence-corrected chi connectivity index (χ4v) is 3.45. The van der Waals surface area contributed by atoms with Crippen LogP contribution in [0.4, 0.5) is 0 Å². The van der Waals surface area contributed by atoms with Gasteiger partial charge in [-0.15, -0.1) is 0 Å². The molecule has 1 heterocycles. The molecular formula is C13H18OS. The Morgan fingerprint density at radius 3 is 2.67 bits per heavy atom. The first-order valence-corrected chi connectivity index (χ1v) is 6.68. The van der Waals surface area contributed by atoms with Gasteiger partial charge in [0.05, 0.1) is 5.60 Å². The van der Waals surface area contributed by atoms with Crippen LogP contribution in [0.3, 0.4) is 0 Å². The number of hydrogen-bond donors (Lipinski definition) is 1. The van der Waals surface area contributed by atoms with Crippen LogP contribution in [-0.2, 0) is 5.60 Å². The first-order chi connectivity index (χ1) is 7.13. The Morgan fingerprint density at radius 1 is 1.33 bits per heavy atom. The largest absolute Gasteiger partial charge is 0.384 e. The second-order valence-electron chi connectivity index (χ2n) is 4.58. The van der Waals surface area contributed by atoms with Crippen LogP contribution in [0.2, 0.25) is 0 Å². The molecule has 0 spiro atoms. The molecule has 1 unspecified atom stereocenters. The minimum absolute atomic E-state index is 0.482. The summed E-state index contributed by atoms with van der Waals surface area (Å²) in [5.41, 5.74) is 1.86. The van der Waals surface area contributed by atoms with E-state index < -0.39 is 5.60 Å². The maximum absolute atomic E-state index is 10.6. The monoisotopic (exact) mass is 222 g/mol. The van der Waals surface area contributed by atoms with Crippen LogP contribution >= 0.6 is 11.8 Å². The average Bonchev–Trinajstić information content (AvgIpc) is 2.66. The van der Waals surface area contributed by atoms with E-state index in [0.717, 1.165) is 23.5 Å². The molecule has 1 nitrogen and oxygen atoms in total. The Balaban J connectivity index is 2.42. The number of thioether (sulfide) groups is 1. The van der Waals surface area contributed by atoms with Gasteiger partial charge in [-0.05, 0) is 29.2 Å². The topological polar surface area (TPSA) is 20.2 Å². The number of benzene rings is 1. The van der Waals surface area contributed by atoms with E-state index in [4.69, 9.17) is 0 Å². The van der Waals surface area contributed by atoms with Crippen molar-refractivity contribution in [2.24, 2.45) is 0 Å². The van der Waals surface area contributed by atoms with Crippen molar-refractivity contribution in [2.75, 3.05) is 11.5 Å². The highest BCUT2D eigenvalue weighted by Gasteiger charge is 2.35. The van der Waals surface area contributed by atoms with Crippen molar-refractivity contribution in [1.82, 2.24) is 0 Å². The summed E-state index contributed by atoms with van der Waals surface area (Å²) in [7, 11) is 0. The summed E-state index contributed by atoms with van der Waals surface area (Å²) in [5, 5.41) is 10.6. The Labute approximate surface area is 95.9 Å². The molecule has 1 aromatic rings. The summed E-state index contributed by atoms with van der Waals surface area (Å²) in [5.74, 6) is 2.40. The first-order valence-electron chi connectivity index (χ1n) is 5.53. The van der Waals surface area contributed by atoms with E-state index in [0.29, 0.717) is 5.92 Å². The van der Waals surface area contributed by atoms with Crippen LogP contribution in [0.5, 0.6) is 0 Å². The number of hydrogen-bond acceptors (Lipinski definition) is 2. The van der Waals surface area contributed by atoms with E-state index in [1.54, 1.807) is 0 Å². The fourth-order valence-electron chi connectivity index (χ4n) is 2.19. The van der Waals surface area contributed by atoms with E-state index in [9.17, 15) is 5.11 Å². The summed E-state index contributed by atoms with van der Waals surface area (Å²) in [6.07, 6.45) is 0.890. The molecule has 1 atom stereocenters. The predicted octanol–water partition coefficient (Wildman–Crippen LogP) is 3.13. The van der Waals surface area contributed by atoms with E-state index in [2.05, 4.69) is 32.0 Å². The zero-order valence-corrected chi connectivity index (χ0v) is 10.2. The summed E-state index contributed by atoms with van der Waals surface area (Å²) >= 11 is 1.85. The lowest BCUT2D eigenvalue weighted by molar-refractivity contribution is 0.0646. The van der Waals surface area contributed by atoms with Gasteiger partial charge in [0.1, 0.15) is 0 Å². The van der Waals surface area contributed by atoms with Crippen LogP contribution in [0.15, 0.2) is 24.3 Å². The standard InChI is InChI=1S/C13H18OS/c1-10(2)11-5-3-4-6-12(11)13(14)7-8-15-9-13/h3-6,10,14H,7-9H2,1-2H3. The van der Waals surface area contributed by atoms with Crippen molar-refractivity contribution in [2.45, 2.75) is 31.8 Å². The predicted molar refractivity (Wildman–Crippen MR) is 66.4 cm³/mol. The molecule has 1 aliphatic heterocycles. The minimum Gasteiger partial charge on any atom is -0.384 e. The Kier molecular flexibility index (Phi) is 3.08. The Hall–Kier alpha value is -0.470. The van der Waals surface area contributed by atoms with Crippen LogP contribution < -0.4 is 0 Å². The van der Waals surface area contributed by atoms with E-state index in [1.165, 1.54) is 5.56 Å². The van der Waals surface area contributed by atoms with Gasteiger partial charge in [0.2, 0.25) is 0 Å². The first kappa shape index (κ1) is 11.0. The van der Waals surface area contributed by atoms with Crippen molar-refractivity contribution >= 4 is 11.8 Å². The highest BCUT2D eigenvalue weighted by Crippen LogP contribution is 2.39. The molecule has 0 radical (unpaired) electrons. The number of rotatable bonds is 2. The van der Waals surface area contributed by atoms with Gasteiger partial charge in [-0.2, -0.15) is 11.8 Å². The molecule has 0 saturated carbocycles. The lowest BCUT2D eigenvalue weighted by Crippen LogP contribution is -2.26. The third-order valence-corrected chi connectivity index (χ3v) is 4.26. The SMILES string of the molecule is CC(C)c1ccccc1C1(O)CCSC1. The summed E-state index contributed by atoms with van der Waals surface area (Å²) in [6, 6.07) is 8.31. The fraction of sp³-hybridized carbons (Fsp3) is 0.538. The normalized spacial score (nSPS) is 26.1. The molecule has 15 heavy (non-hydrogen) atoms. The smallest absolute Gasteiger partial charge is 0.0997 e. The van der Waals surface area contributed by atoms with Gasteiger partial charge in [0.25, 0.3) is 0 Å². The molecule has 1 saturated heterocycles. The summed E-state index contributed by atoms with van der Waals surface area (Å²) < 4.78 is 0. The maximum Gasteiger partial charge on any atom is 0.0997 e. The van der Waals surface area contributed by atoms with Crippen LogP contribution in [0.25, 0.3) is 0 Å². The van der Waals surface area contributed by atoms with Gasteiger partial charge in [-0.25, -0.2) is 0 Å². The van der Waals surface area contributed by atoms with E-state index in [-0.39, 0.29) is 0 Å². The number of aliphatic hydroxyl groups is 1. The second kappa shape index (κ2) is 4.18. The van der Waals surface area contributed by atoms with Gasteiger partial charge in [0, 0.05) is 5.75 Å². The molecule has 0 aromatic heterocycles. The Bertz CT molecular complexity index is 340. The lowest BCUT2D eigenvalue weighted by Gasteiger charge is -2.26. The van der Waals surface area contributed by atoms with Crippen molar-refractivity contribution in [1.29, 1.82) is 0 Å². The Morgan fingerprint density at radius 2 is 2.07 bits per heavy atom. The third-order valence-electron chi connectivity index (χ3n) is 3.08. The lowest BCUT2D eigenvalue weighted by atomic mass is 9.85. The van der Waals surface area contributed by atoms with Crippen LogP contribution in [-0.4, -0.2) is 16.6 Å². The summed E-state index contributed by atoms with van der Waals surface area (Å²) in [6.45, 7) is 4.37. The van der Waals surface area contributed by atoms with Crippen molar-refractivity contribution in [3.63, 3.8) is 0 Å². The molecule has 1 aromatic carbocycles. The second-order valence-corrected chi connectivity index (χ2v) is 5.68. The molecule has 1 N–H and O–H groups in total. The molecule has 2 heteroatoms. The maximum atomic E-state index is 10.6. The van der Waals surface area contributed by atoms with Gasteiger partial charge < -0.3 is 5.11 Å².